The second-order valence-corrected chi connectivity index (χ2v) is 12.6. The van der Waals surface area contributed by atoms with Gasteiger partial charge in [-0.05, 0) is 84.1 Å². The highest BCUT2D eigenvalue weighted by atomic mass is 32.2. The first-order valence-electron chi connectivity index (χ1n) is 12.9. The number of nitrogens with zero attached hydrogens (tertiary/aromatic N) is 4. The third kappa shape index (κ3) is 8.04. The molecule has 1 aromatic rings. The third-order valence-electron chi connectivity index (χ3n) is 7.03. The minimum absolute atomic E-state index is 0.865. The molecular formula is C26H46N4OS2. The summed E-state index contributed by atoms with van der Waals surface area (Å²) in [7, 11) is 1.29. The van der Waals surface area contributed by atoms with Crippen LogP contribution in [0.5, 0.6) is 0 Å². The average molecular weight is 495 g/mol. The second kappa shape index (κ2) is 13.6. The largest absolute Gasteiger partial charge is 0.306 e. The number of aryl methyl sites for hydroxylation is 3. The van der Waals surface area contributed by atoms with Crippen molar-refractivity contribution in [1.29, 1.82) is 0 Å². The summed E-state index contributed by atoms with van der Waals surface area (Å²) >= 11 is 2.04. The Morgan fingerprint density at radius 2 is 1.48 bits per heavy atom. The first kappa shape index (κ1) is 27.2. The highest BCUT2D eigenvalue weighted by Crippen LogP contribution is 2.24. The molecule has 0 radical (unpaired) electrons. The Bertz CT molecular complexity index is 730. The summed E-state index contributed by atoms with van der Waals surface area (Å²) in [6.07, 6.45) is 6.39. The SMILES string of the molecule is CCCSN1CCN(C2CCN(C)CC2)CC1.Cc1cc(C)c(S(=O)N2CCCC2)c(C)c1. The molecule has 0 spiro atoms. The maximum Gasteiger partial charge on any atom is 0.128 e. The Labute approximate surface area is 210 Å². The number of piperidine rings is 1. The molecule has 33 heavy (non-hydrogen) atoms. The van der Waals surface area contributed by atoms with Gasteiger partial charge in [0.25, 0.3) is 0 Å². The molecule has 3 heterocycles. The predicted octanol–water partition coefficient (Wildman–Crippen LogP) is 4.49. The van der Waals surface area contributed by atoms with Gasteiger partial charge in [0.2, 0.25) is 0 Å². The lowest BCUT2D eigenvalue weighted by Gasteiger charge is -2.41. The van der Waals surface area contributed by atoms with Crippen molar-refractivity contribution in [1.82, 2.24) is 18.4 Å². The number of likely N-dealkylation sites (tertiary alicyclic amines) is 1. The molecule has 3 aliphatic rings. The first-order valence-corrected chi connectivity index (χ1v) is 15.0. The van der Waals surface area contributed by atoms with Gasteiger partial charge in [0.1, 0.15) is 11.0 Å². The van der Waals surface area contributed by atoms with Gasteiger partial charge in [-0.2, -0.15) is 0 Å². The standard InChI is InChI=1S/C13H27N3S.C13H19NOS/c1-3-12-17-16-10-8-15(9-11-16)13-4-6-14(2)7-5-13;1-10-8-11(2)13(12(3)9-10)16(15)14-6-4-5-7-14/h13H,3-12H2,1-2H3;8-9H,4-7H2,1-3H3. The smallest absolute Gasteiger partial charge is 0.128 e. The molecule has 0 bridgehead atoms. The van der Waals surface area contributed by atoms with Crippen LogP contribution >= 0.6 is 11.9 Å². The average Bonchev–Trinajstić information content (AvgIpc) is 3.33. The molecule has 1 unspecified atom stereocenters. The van der Waals surface area contributed by atoms with E-state index in [1.54, 1.807) is 0 Å². The molecule has 3 aliphatic heterocycles. The van der Waals surface area contributed by atoms with Crippen molar-refractivity contribution in [2.24, 2.45) is 0 Å². The Morgan fingerprint density at radius 1 is 0.909 bits per heavy atom. The molecule has 3 fully saturated rings. The molecule has 1 atom stereocenters. The van der Waals surface area contributed by atoms with E-state index in [4.69, 9.17) is 0 Å². The maximum atomic E-state index is 12.4. The summed E-state index contributed by atoms with van der Waals surface area (Å²) in [5.74, 6) is 1.29. The monoisotopic (exact) mass is 494 g/mol. The molecule has 0 aromatic heterocycles. The zero-order valence-corrected chi connectivity index (χ0v) is 23.3. The van der Waals surface area contributed by atoms with Crippen molar-refractivity contribution >= 4 is 22.9 Å². The van der Waals surface area contributed by atoms with Crippen LogP contribution < -0.4 is 0 Å². The van der Waals surface area contributed by atoms with E-state index in [0.717, 1.165) is 35.2 Å². The zero-order chi connectivity index (χ0) is 23.8. The van der Waals surface area contributed by atoms with E-state index < -0.39 is 11.0 Å². The normalized spacial score (nSPS) is 22.8. The van der Waals surface area contributed by atoms with Gasteiger partial charge in [-0.3, -0.25) is 4.90 Å². The lowest BCUT2D eigenvalue weighted by atomic mass is 10.0. The van der Waals surface area contributed by atoms with Gasteiger partial charge >= 0.3 is 0 Å². The summed E-state index contributed by atoms with van der Waals surface area (Å²) < 4.78 is 17.1. The quantitative estimate of drug-likeness (QED) is 0.544. The summed E-state index contributed by atoms with van der Waals surface area (Å²) in [4.78, 5) is 6.22. The number of hydrogen-bond acceptors (Lipinski definition) is 5. The van der Waals surface area contributed by atoms with E-state index >= 15 is 0 Å². The van der Waals surface area contributed by atoms with Crippen molar-refractivity contribution in [2.75, 3.05) is 65.2 Å². The van der Waals surface area contributed by atoms with Gasteiger partial charge in [-0.25, -0.2) is 12.8 Å². The Kier molecular flexibility index (Phi) is 11.2. The fourth-order valence-corrected chi connectivity index (χ4v) is 7.58. The molecule has 4 rings (SSSR count). The number of piperazine rings is 1. The highest BCUT2D eigenvalue weighted by molar-refractivity contribution is 7.97. The van der Waals surface area contributed by atoms with E-state index in [0.29, 0.717) is 0 Å². The van der Waals surface area contributed by atoms with Gasteiger partial charge < -0.3 is 4.90 Å². The lowest BCUT2D eigenvalue weighted by Crippen LogP contribution is -2.51. The van der Waals surface area contributed by atoms with E-state index in [-0.39, 0.29) is 0 Å². The summed E-state index contributed by atoms with van der Waals surface area (Å²) in [5, 5.41) is 0. The molecule has 1 aromatic carbocycles. The van der Waals surface area contributed by atoms with E-state index in [2.05, 4.69) is 65.3 Å². The van der Waals surface area contributed by atoms with Gasteiger partial charge in [-0.15, -0.1) is 0 Å². The molecule has 0 saturated carbocycles. The highest BCUT2D eigenvalue weighted by Gasteiger charge is 2.26. The topological polar surface area (TPSA) is 30.0 Å². The molecule has 0 amide bonds. The van der Waals surface area contributed by atoms with Crippen LogP contribution in [0.15, 0.2) is 17.0 Å². The minimum atomic E-state index is -0.957. The molecule has 0 N–H and O–H groups in total. The van der Waals surface area contributed by atoms with Gasteiger partial charge in [0.15, 0.2) is 0 Å². The van der Waals surface area contributed by atoms with Crippen LogP contribution in [0, 0.1) is 20.8 Å². The Balaban J connectivity index is 0.000000186. The van der Waals surface area contributed by atoms with Gasteiger partial charge in [0, 0.05) is 51.1 Å². The Morgan fingerprint density at radius 3 is 2.03 bits per heavy atom. The van der Waals surface area contributed by atoms with E-state index in [9.17, 15) is 4.21 Å². The van der Waals surface area contributed by atoms with Crippen LogP contribution in [0.2, 0.25) is 0 Å². The van der Waals surface area contributed by atoms with Crippen molar-refractivity contribution in [3.05, 3.63) is 28.8 Å². The molecular weight excluding hydrogens is 448 g/mol. The number of rotatable bonds is 6. The van der Waals surface area contributed by atoms with Gasteiger partial charge in [-0.1, -0.05) is 36.6 Å². The molecule has 7 heteroatoms. The van der Waals surface area contributed by atoms with Crippen molar-refractivity contribution in [3.8, 4) is 0 Å². The van der Waals surface area contributed by atoms with E-state index in [1.165, 1.54) is 82.7 Å². The van der Waals surface area contributed by atoms with Crippen LogP contribution in [0.3, 0.4) is 0 Å². The molecule has 5 nitrogen and oxygen atoms in total. The number of benzene rings is 1. The number of hydrogen-bond donors (Lipinski definition) is 0. The fourth-order valence-electron chi connectivity index (χ4n) is 5.20. The summed E-state index contributed by atoms with van der Waals surface area (Å²) in [5.41, 5.74) is 3.56. The van der Waals surface area contributed by atoms with Crippen molar-refractivity contribution < 1.29 is 4.21 Å². The van der Waals surface area contributed by atoms with Crippen molar-refractivity contribution in [3.63, 3.8) is 0 Å². The first-order chi connectivity index (χ1) is 15.9. The van der Waals surface area contributed by atoms with Crippen LogP contribution in [0.1, 0.15) is 55.7 Å². The van der Waals surface area contributed by atoms with Crippen LogP contribution in [-0.2, 0) is 11.0 Å². The second-order valence-electron chi connectivity index (χ2n) is 9.95. The van der Waals surface area contributed by atoms with E-state index in [1.807, 2.05) is 11.9 Å². The third-order valence-corrected chi connectivity index (χ3v) is 10.2. The molecule has 3 saturated heterocycles. The van der Waals surface area contributed by atoms with Crippen molar-refractivity contribution in [2.45, 2.75) is 70.7 Å². The predicted molar refractivity (Wildman–Crippen MR) is 144 cm³/mol. The molecule has 0 aliphatic carbocycles. The summed E-state index contributed by atoms with van der Waals surface area (Å²) in [6, 6.07) is 5.11. The summed E-state index contributed by atoms with van der Waals surface area (Å²) in [6.45, 7) is 18.1. The zero-order valence-electron chi connectivity index (χ0n) is 21.6. The van der Waals surface area contributed by atoms with Gasteiger partial charge in [0.05, 0.1) is 4.90 Å². The fraction of sp³-hybridized carbons (Fsp3) is 0.769. The minimum Gasteiger partial charge on any atom is -0.306 e. The molecule has 188 valence electrons. The lowest BCUT2D eigenvalue weighted by molar-refractivity contribution is 0.0919. The van der Waals surface area contributed by atoms with Crippen LogP contribution in [-0.4, -0.2) is 93.8 Å². The maximum absolute atomic E-state index is 12.4. The Hall–Kier alpha value is -0.440. The van der Waals surface area contributed by atoms with Crippen LogP contribution in [0.25, 0.3) is 0 Å². The van der Waals surface area contributed by atoms with Crippen LogP contribution in [0.4, 0.5) is 0 Å².